The Morgan fingerprint density at radius 2 is 1.89 bits per heavy atom. The monoisotopic (exact) mass is 270 g/mol. The Morgan fingerprint density at radius 1 is 1.26 bits per heavy atom. The normalized spacial score (nSPS) is 23.3. The van der Waals surface area contributed by atoms with E-state index in [9.17, 15) is 14.7 Å². The maximum absolute atomic E-state index is 12.0. The van der Waals surface area contributed by atoms with Crippen molar-refractivity contribution in [3.05, 3.63) is 0 Å². The number of hydrogen-bond donors (Lipinski definition) is 1. The molecule has 1 rings (SSSR count). The highest BCUT2D eigenvalue weighted by atomic mass is 16.3. The van der Waals surface area contributed by atoms with Gasteiger partial charge in [-0.3, -0.25) is 9.59 Å². The fraction of sp³-hybridized carbons (Fsp3) is 0.857. The molecule has 0 saturated carbocycles. The molecule has 0 spiro atoms. The van der Waals surface area contributed by atoms with E-state index in [0.717, 1.165) is 6.42 Å². The zero-order chi connectivity index (χ0) is 14.4. The number of hydrogen-bond acceptors (Lipinski definition) is 3. The van der Waals surface area contributed by atoms with Crippen molar-refractivity contribution in [2.75, 3.05) is 26.2 Å². The Kier molecular flexibility index (Phi) is 6.28. The van der Waals surface area contributed by atoms with Gasteiger partial charge in [0.1, 0.15) is 0 Å². The van der Waals surface area contributed by atoms with E-state index in [-0.39, 0.29) is 30.6 Å². The predicted molar refractivity (Wildman–Crippen MR) is 73.5 cm³/mol. The third-order valence-electron chi connectivity index (χ3n) is 3.94. The Balaban J connectivity index is 2.37. The van der Waals surface area contributed by atoms with Crippen molar-refractivity contribution in [3.8, 4) is 0 Å². The minimum Gasteiger partial charge on any atom is -0.391 e. The zero-order valence-electron chi connectivity index (χ0n) is 12.3. The largest absolute Gasteiger partial charge is 0.391 e. The van der Waals surface area contributed by atoms with Crippen molar-refractivity contribution in [2.24, 2.45) is 5.92 Å². The highest BCUT2D eigenvalue weighted by Crippen LogP contribution is 2.17. The summed E-state index contributed by atoms with van der Waals surface area (Å²) in [5, 5.41) is 9.77. The molecule has 1 N–H and O–H groups in total. The second-order valence-electron chi connectivity index (χ2n) is 5.24. The van der Waals surface area contributed by atoms with Crippen LogP contribution in [0, 0.1) is 5.92 Å². The van der Waals surface area contributed by atoms with Crippen LogP contribution in [0.25, 0.3) is 0 Å². The molecule has 1 fully saturated rings. The quantitative estimate of drug-likeness (QED) is 0.806. The van der Waals surface area contributed by atoms with Gasteiger partial charge < -0.3 is 14.9 Å². The number of rotatable bonds is 5. The van der Waals surface area contributed by atoms with Crippen LogP contribution in [-0.4, -0.2) is 59.0 Å². The van der Waals surface area contributed by atoms with Gasteiger partial charge in [-0.15, -0.1) is 0 Å². The first-order valence-corrected chi connectivity index (χ1v) is 7.23. The number of piperidine rings is 1. The van der Waals surface area contributed by atoms with Crippen LogP contribution in [0.1, 0.15) is 40.0 Å². The third-order valence-corrected chi connectivity index (χ3v) is 3.94. The van der Waals surface area contributed by atoms with Crippen LogP contribution in [0.15, 0.2) is 0 Å². The van der Waals surface area contributed by atoms with Crippen molar-refractivity contribution in [1.82, 2.24) is 9.80 Å². The summed E-state index contributed by atoms with van der Waals surface area (Å²) in [5.41, 5.74) is 0. The average Bonchev–Trinajstić information content (AvgIpc) is 2.40. The lowest BCUT2D eigenvalue weighted by molar-refractivity contribution is -0.139. The van der Waals surface area contributed by atoms with Gasteiger partial charge in [0, 0.05) is 39.0 Å². The minimum absolute atomic E-state index is 0.0218. The summed E-state index contributed by atoms with van der Waals surface area (Å²) in [6.07, 6.45) is 0.909. The van der Waals surface area contributed by atoms with E-state index in [1.807, 2.05) is 20.8 Å². The molecule has 1 aliphatic heterocycles. The predicted octanol–water partition coefficient (Wildman–Crippen LogP) is 0.864. The molecule has 1 aliphatic rings. The molecule has 110 valence electrons. The van der Waals surface area contributed by atoms with Crippen molar-refractivity contribution in [2.45, 2.75) is 46.1 Å². The van der Waals surface area contributed by atoms with Crippen LogP contribution >= 0.6 is 0 Å². The van der Waals surface area contributed by atoms with Gasteiger partial charge in [-0.1, -0.05) is 6.92 Å². The van der Waals surface area contributed by atoms with E-state index in [0.29, 0.717) is 26.2 Å². The van der Waals surface area contributed by atoms with Crippen LogP contribution in [0.5, 0.6) is 0 Å². The van der Waals surface area contributed by atoms with Gasteiger partial charge >= 0.3 is 0 Å². The summed E-state index contributed by atoms with van der Waals surface area (Å²) in [6.45, 7) is 8.33. The van der Waals surface area contributed by atoms with Crippen LogP contribution < -0.4 is 0 Å². The fourth-order valence-corrected chi connectivity index (χ4v) is 2.38. The highest BCUT2D eigenvalue weighted by Gasteiger charge is 2.27. The van der Waals surface area contributed by atoms with E-state index in [4.69, 9.17) is 0 Å². The lowest BCUT2D eigenvalue weighted by Gasteiger charge is -2.34. The number of aliphatic hydroxyl groups excluding tert-OH is 1. The second-order valence-corrected chi connectivity index (χ2v) is 5.24. The number of likely N-dealkylation sites (tertiary alicyclic amines) is 1. The molecule has 0 aliphatic carbocycles. The molecule has 0 radical (unpaired) electrons. The van der Waals surface area contributed by atoms with Crippen LogP contribution in [0.4, 0.5) is 0 Å². The Labute approximate surface area is 115 Å². The molecule has 5 nitrogen and oxygen atoms in total. The standard InChI is InChI=1S/C14H26N2O3/c1-4-15(5-2)13(18)6-7-14(19)16-9-8-11(3)12(17)10-16/h11-12,17H,4-10H2,1-3H3. The molecule has 2 unspecified atom stereocenters. The molecule has 0 aromatic carbocycles. The molecule has 1 saturated heterocycles. The lowest BCUT2D eigenvalue weighted by Crippen LogP contribution is -2.46. The zero-order valence-corrected chi connectivity index (χ0v) is 12.3. The minimum atomic E-state index is -0.434. The van der Waals surface area contributed by atoms with E-state index >= 15 is 0 Å². The molecule has 2 atom stereocenters. The summed E-state index contributed by atoms with van der Waals surface area (Å²) in [5.74, 6) is 0.261. The summed E-state index contributed by atoms with van der Waals surface area (Å²) >= 11 is 0. The third kappa shape index (κ3) is 4.49. The van der Waals surface area contributed by atoms with E-state index in [1.165, 1.54) is 0 Å². The smallest absolute Gasteiger partial charge is 0.223 e. The fourth-order valence-electron chi connectivity index (χ4n) is 2.38. The topological polar surface area (TPSA) is 60.9 Å². The molecular formula is C14H26N2O3. The summed E-state index contributed by atoms with van der Waals surface area (Å²) in [4.78, 5) is 27.2. The number of aliphatic hydroxyl groups is 1. The van der Waals surface area contributed by atoms with Gasteiger partial charge in [-0.25, -0.2) is 0 Å². The Morgan fingerprint density at radius 3 is 2.42 bits per heavy atom. The maximum Gasteiger partial charge on any atom is 0.223 e. The first-order valence-electron chi connectivity index (χ1n) is 7.23. The Bertz CT molecular complexity index is 316. The van der Waals surface area contributed by atoms with Gasteiger partial charge in [0.05, 0.1) is 6.10 Å². The van der Waals surface area contributed by atoms with Crippen molar-refractivity contribution < 1.29 is 14.7 Å². The number of β-amino-alcohol motifs (C(OH)–C–C–N with tert-alkyl or cyclic N) is 1. The van der Waals surface area contributed by atoms with Crippen molar-refractivity contribution >= 4 is 11.8 Å². The van der Waals surface area contributed by atoms with Gasteiger partial charge in [-0.05, 0) is 26.2 Å². The summed E-state index contributed by atoms with van der Waals surface area (Å²) in [7, 11) is 0. The molecule has 19 heavy (non-hydrogen) atoms. The van der Waals surface area contributed by atoms with Crippen LogP contribution in [-0.2, 0) is 9.59 Å². The highest BCUT2D eigenvalue weighted by molar-refractivity contribution is 5.83. The van der Waals surface area contributed by atoms with E-state index < -0.39 is 6.10 Å². The molecule has 1 heterocycles. The number of nitrogens with zero attached hydrogens (tertiary/aromatic N) is 2. The summed E-state index contributed by atoms with van der Waals surface area (Å²) in [6, 6.07) is 0. The molecule has 0 aromatic rings. The first kappa shape index (κ1) is 16.0. The number of amides is 2. The van der Waals surface area contributed by atoms with E-state index in [2.05, 4.69) is 0 Å². The molecule has 0 aromatic heterocycles. The second kappa shape index (κ2) is 7.48. The Hall–Kier alpha value is -1.10. The lowest BCUT2D eigenvalue weighted by atomic mass is 9.96. The van der Waals surface area contributed by atoms with Gasteiger partial charge in [0.25, 0.3) is 0 Å². The van der Waals surface area contributed by atoms with Gasteiger partial charge in [0.15, 0.2) is 0 Å². The number of carbonyl (C=O) groups is 2. The first-order chi connectivity index (χ1) is 8.99. The number of carbonyl (C=O) groups excluding carboxylic acids is 2. The molecule has 2 amide bonds. The molecule has 0 bridgehead atoms. The van der Waals surface area contributed by atoms with Gasteiger partial charge in [-0.2, -0.15) is 0 Å². The molecule has 5 heteroatoms. The molecular weight excluding hydrogens is 244 g/mol. The van der Waals surface area contributed by atoms with Gasteiger partial charge in [0.2, 0.25) is 11.8 Å². The van der Waals surface area contributed by atoms with Crippen molar-refractivity contribution in [1.29, 1.82) is 0 Å². The SMILES string of the molecule is CCN(CC)C(=O)CCC(=O)N1CCC(C)C(O)C1. The summed E-state index contributed by atoms with van der Waals surface area (Å²) < 4.78 is 0. The van der Waals surface area contributed by atoms with Crippen molar-refractivity contribution in [3.63, 3.8) is 0 Å². The van der Waals surface area contributed by atoms with Crippen LogP contribution in [0.2, 0.25) is 0 Å². The van der Waals surface area contributed by atoms with E-state index in [1.54, 1.807) is 9.80 Å². The maximum atomic E-state index is 12.0. The van der Waals surface area contributed by atoms with Crippen LogP contribution in [0.3, 0.4) is 0 Å². The average molecular weight is 270 g/mol.